The summed E-state index contributed by atoms with van der Waals surface area (Å²) in [4.78, 5) is 15.5. The van der Waals surface area contributed by atoms with Crippen molar-refractivity contribution in [1.29, 1.82) is 0 Å². The number of aromatic nitrogens is 3. The average Bonchev–Trinajstić information content (AvgIpc) is 3.34. The number of thiazole rings is 1. The van der Waals surface area contributed by atoms with E-state index in [0.717, 1.165) is 32.2 Å². The molecule has 0 radical (unpaired) electrons. The lowest BCUT2D eigenvalue weighted by Gasteiger charge is -2.31. The largest absolute Gasteiger partial charge is 0.476 e. The molecule has 0 bridgehead atoms. The van der Waals surface area contributed by atoms with Gasteiger partial charge in [-0.25, -0.2) is 9.97 Å². The maximum Gasteiger partial charge on any atom is 0.232 e. The van der Waals surface area contributed by atoms with Crippen LogP contribution >= 0.6 is 11.3 Å². The lowest BCUT2D eigenvalue weighted by molar-refractivity contribution is 0.122. The number of rotatable bonds is 6. The molecular formula is C17H22N4OS. The fourth-order valence-electron chi connectivity index (χ4n) is 3.14. The van der Waals surface area contributed by atoms with Crippen molar-refractivity contribution in [2.75, 3.05) is 19.7 Å². The van der Waals surface area contributed by atoms with Gasteiger partial charge < -0.3 is 4.74 Å². The van der Waals surface area contributed by atoms with Crippen LogP contribution in [-0.2, 0) is 6.54 Å². The molecule has 2 aliphatic rings. The number of likely N-dealkylation sites (tertiary alicyclic amines) is 1. The SMILES string of the molecule is c1cnc(OCC2CCCN(Cc3csc(C4CC4)n3)C2)cn1. The maximum absolute atomic E-state index is 5.77. The van der Waals surface area contributed by atoms with Crippen molar-refractivity contribution in [2.24, 2.45) is 5.92 Å². The summed E-state index contributed by atoms with van der Waals surface area (Å²) in [6.07, 6.45) is 10.1. The van der Waals surface area contributed by atoms with Crippen LogP contribution in [0.1, 0.15) is 42.3 Å². The molecule has 0 amide bonds. The molecule has 2 fully saturated rings. The van der Waals surface area contributed by atoms with Gasteiger partial charge in [0.2, 0.25) is 5.88 Å². The predicted molar refractivity (Wildman–Crippen MR) is 89.6 cm³/mol. The molecule has 6 heteroatoms. The zero-order valence-corrected chi connectivity index (χ0v) is 14.0. The minimum atomic E-state index is 0.562. The molecule has 122 valence electrons. The number of hydrogen-bond acceptors (Lipinski definition) is 6. The summed E-state index contributed by atoms with van der Waals surface area (Å²) in [6, 6.07) is 0. The van der Waals surface area contributed by atoms with E-state index in [4.69, 9.17) is 9.72 Å². The van der Waals surface area contributed by atoms with Gasteiger partial charge in [0.25, 0.3) is 0 Å². The zero-order chi connectivity index (χ0) is 15.5. The maximum atomic E-state index is 5.77. The first-order valence-electron chi connectivity index (χ1n) is 8.42. The molecule has 2 aromatic heterocycles. The molecule has 1 aliphatic carbocycles. The van der Waals surface area contributed by atoms with Crippen LogP contribution in [-0.4, -0.2) is 39.5 Å². The second-order valence-electron chi connectivity index (χ2n) is 6.55. The molecule has 2 aromatic rings. The quantitative estimate of drug-likeness (QED) is 0.814. The molecule has 5 nitrogen and oxygen atoms in total. The van der Waals surface area contributed by atoms with E-state index in [-0.39, 0.29) is 0 Å². The van der Waals surface area contributed by atoms with Gasteiger partial charge in [0, 0.05) is 42.7 Å². The first-order valence-corrected chi connectivity index (χ1v) is 9.30. The Morgan fingerprint density at radius 1 is 1.26 bits per heavy atom. The lowest BCUT2D eigenvalue weighted by Crippen LogP contribution is -2.37. The van der Waals surface area contributed by atoms with E-state index in [1.807, 2.05) is 11.3 Å². The first-order chi connectivity index (χ1) is 11.4. The number of piperidine rings is 1. The van der Waals surface area contributed by atoms with E-state index in [0.29, 0.717) is 11.8 Å². The van der Waals surface area contributed by atoms with Crippen LogP contribution in [0, 0.1) is 5.92 Å². The van der Waals surface area contributed by atoms with Crippen molar-refractivity contribution in [3.8, 4) is 5.88 Å². The first kappa shape index (κ1) is 15.0. The summed E-state index contributed by atoms with van der Waals surface area (Å²) >= 11 is 1.84. The van der Waals surface area contributed by atoms with Gasteiger partial charge in [0.15, 0.2) is 0 Å². The van der Waals surface area contributed by atoms with Crippen molar-refractivity contribution < 1.29 is 4.74 Å². The van der Waals surface area contributed by atoms with E-state index >= 15 is 0 Å². The van der Waals surface area contributed by atoms with Crippen LogP contribution in [0.15, 0.2) is 24.0 Å². The summed E-state index contributed by atoms with van der Waals surface area (Å²) in [5.74, 6) is 1.95. The van der Waals surface area contributed by atoms with Gasteiger partial charge >= 0.3 is 0 Å². The van der Waals surface area contributed by atoms with E-state index < -0.39 is 0 Å². The van der Waals surface area contributed by atoms with E-state index in [9.17, 15) is 0 Å². The highest BCUT2D eigenvalue weighted by Crippen LogP contribution is 2.41. The van der Waals surface area contributed by atoms with Gasteiger partial charge in [-0.1, -0.05) is 0 Å². The zero-order valence-electron chi connectivity index (χ0n) is 13.2. The molecule has 1 saturated heterocycles. The third-order valence-corrected chi connectivity index (χ3v) is 5.55. The molecule has 23 heavy (non-hydrogen) atoms. The Labute approximate surface area is 140 Å². The van der Waals surface area contributed by atoms with Gasteiger partial charge in [0.05, 0.1) is 23.5 Å². The second-order valence-corrected chi connectivity index (χ2v) is 7.44. The molecule has 0 spiro atoms. The van der Waals surface area contributed by atoms with Gasteiger partial charge in [-0.3, -0.25) is 9.88 Å². The average molecular weight is 330 g/mol. The standard InChI is InChI=1S/C17H22N4OS/c1-2-13(11-22-16-8-18-5-6-19-16)9-21(7-1)10-15-12-23-17(20-15)14-3-4-14/h5-6,8,12-14H,1-4,7,9-11H2. The Kier molecular flexibility index (Phi) is 4.52. The monoisotopic (exact) mass is 330 g/mol. The summed E-state index contributed by atoms with van der Waals surface area (Å²) < 4.78 is 5.77. The third-order valence-electron chi connectivity index (χ3n) is 4.49. The highest BCUT2D eigenvalue weighted by molar-refractivity contribution is 7.09. The van der Waals surface area contributed by atoms with Gasteiger partial charge in [-0.2, -0.15) is 0 Å². The summed E-state index contributed by atoms with van der Waals surface area (Å²) in [6.45, 7) is 3.94. The van der Waals surface area contributed by atoms with Crippen LogP contribution in [0.25, 0.3) is 0 Å². The number of hydrogen-bond donors (Lipinski definition) is 0. The second kappa shape index (κ2) is 6.93. The Morgan fingerprint density at radius 2 is 2.22 bits per heavy atom. The summed E-state index contributed by atoms with van der Waals surface area (Å²) in [7, 11) is 0. The molecule has 0 aromatic carbocycles. The van der Waals surface area contributed by atoms with E-state index in [1.54, 1.807) is 18.6 Å². The van der Waals surface area contributed by atoms with Crippen molar-refractivity contribution in [3.63, 3.8) is 0 Å². The molecule has 0 N–H and O–H groups in total. The van der Waals surface area contributed by atoms with E-state index in [2.05, 4.69) is 20.2 Å². The molecule has 1 aliphatic heterocycles. The van der Waals surface area contributed by atoms with Crippen LogP contribution in [0.2, 0.25) is 0 Å². The van der Waals surface area contributed by atoms with Crippen LogP contribution in [0.3, 0.4) is 0 Å². The fraction of sp³-hybridized carbons (Fsp3) is 0.588. The Morgan fingerprint density at radius 3 is 3.04 bits per heavy atom. The molecule has 4 rings (SSSR count). The highest BCUT2D eigenvalue weighted by atomic mass is 32.1. The fourth-order valence-corrected chi connectivity index (χ4v) is 4.12. The highest BCUT2D eigenvalue weighted by Gasteiger charge is 2.27. The lowest BCUT2D eigenvalue weighted by atomic mass is 9.99. The minimum Gasteiger partial charge on any atom is -0.476 e. The van der Waals surface area contributed by atoms with E-state index in [1.165, 1.54) is 36.4 Å². The number of nitrogens with zero attached hydrogens (tertiary/aromatic N) is 4. The van der Waals surface area contributed by atoms with Gasteiger partial charge in [-0.15, -0.1) is 11.3 Å². The Balaban J connectivity index is 1.28. The van der Waals surface area contributed by atoms with Gasteiger partial charge in [-0.05, 0) is 32.2 Å². The van der Waals surface area contributed by atoms with Crippen molar-refractivity contribution in [1.82, 2.24) is 19.9 Å². The predicted octanol–water partition coefficient (Wildman–Crippen LogP) is 3.10. The minimum absolute atomic E-state index is 0.562. The van der Waals surface area contributed by atoms with Crippen LogP contribution in [0.4, 0.5) is 0 Å². The van der Waals surface area contributed by atoms with Crippen LogP contribution in [0.5, 0.6) is 5.88 Å². The topological polar surface area (TPSA) is 51.1 Å². The smallest absolute Gasteiger partial charge is 0.232 e. The summed E-state index contributed by atoms with van der Waals surface area (Å²) in [5.41, 5.74) is 1.24. The Bertz CT molecular complexity index is 629. The van der Waals surface area contributed by atoms with Gasteiger partial charge in [0.1, 0.15) is 0 Å². The third kappa shape index (κ3) is 4.06. The van der Waals surface area contributed by atoms with Crippen molar-refractivity contribution in [3.05, 3.63) is 34.7 Å². The summed E-state index contributed by atoms with van der Waals surface area (Å²) in [5, 5.41) is 3.59. The molecular weight excluding hydrogens is 308 g/mol. The van der Waals surface area contributed by atoms with Crippen LogP contribution < -0.4 is 4.74 Å². The molecule has 1 saturated carbocycles. The molecule has 1 atom stereocenters. The molecule has 3 heterocycles. The number of ether oxygens (including phenoxy) is 1. The Hall–Kier alpha value is -1.53. The molecule has 1 unspecified atom stereocenters. The van der Waals surface area contributed by atoms with Crippen molar-refractivity contribution in [2.45, 2.75) is 38.1 Å². The normalized spacial score (nSPS) is 22.2. The van der Waals surface area contributed by atoms with Crippen molar-refractivity contribution >= 4 is 11.3 Å².